The van der Waals surface area contributed by atoms with Crippen LogP contribution in [0.2, 0.25) is 0 Å². The lowest BCUT2D eigenvalue weighted by atomic mass is 10.4. The van der Waals surface area contributed by atoms with Gasteiger partial charge in [0.1, 0.15) is 5.75 Å². The fraction of sp³-hybridized carbons (Fsp3) is 0.250. The molecule has 0 saturated carbocycles. The van der Waals surface area contributed by atoms with Gasteiger partial charge in [-0.1, -0.05) is 0 Å². The Morgan fingerprint density at radius 1 is 1.35 bits per heavy atom. The Kier molecular flexibility index (Phi) is 3.18. The van der Waals surface area contributed by atoms with Gasteiger partial charge in [0.2, 0.25) is 0 Å². The maximum atomic E-state index is 11.8. The second kappa shape index (κ2) is 4.78. The number of aromatic nitrogens is 3. The van der Waals surface area contributed by atoms with Crippen molar-refractivity contribution in [2.45, 2.75) is 20.4 Å². The van der Waals surface area contributed by atoms with Crippen LogP contribution in [0.1, 0.15) is 12.6 Å². The first-order valence-corrected chi connectivity index (χ1v) is 5.36. The van der Waals surface area contributed by atoms with E-state index >= 15 is 0 Å². The summed E-state index contributed by atoms with van der Waals surface area (Å²) in [5.41, 5.74) is 0.653. The van der Waals surface area contributed by atoms with Gasteiger partial charge in [0.15, 0.2) is 0 Å². The lowest BCUT2D eigenvalue weighted by Gasteiger charge is -2.06. The maximum Gasteiger partial charge on any atom is 0.313 e. The van der Waals surface area contributed by atoms with Crippen molar-refractivity contribution in [2.75, 3.05) is 0 Å². The topological polar surface area (TPSA) is 57.0 Å². The van der Waals surface area contributed by atoms with E-state index in [0.29, 0.717) is 12.3 Å². The Labute approximate surface area is 98.7 Å². The van der Waals surface area contributed by atoms with Crippen molar-refractivity contribution in [2.24, 2.45) is 0 Å². The fourth-order valence-electron chi connectivity index (χ4n) is 1.37. The van der Waals surface area contributed by atoms with Gasteiger partial charge in [-0.3, -0.25) is 9.78 Å². The molecular weight excluding hydrogens is 218 g/mol. The molecule has 0 unspecified atom stereocenters. The second-order valence-electron chi connectivity index (χ2n) is 3.56. The van der Waals surface area contributed by atoms with E-state index in [1.807, 2.05) is 19.9 Å². The van der Waals surface area contributed by atoms with E-state index in [1.165, 1.54) is 4.57 Å². The number of pyridine rings is 1. The summed E-state index contributed by atoms with van der Waals surface area (Å²) >= 11 is 0. The van der Waals surface area contributed by atoms with Crippen LogP contribution in [0, 0.1) is 6.92 Å². The van der Waals surface area contributed by atoms with E-state index in [-0.39, 0.29) is 11.4 Å². The van der Waals surface area contributed by atoms with E-state index in [0.717, 1.165) is 5.69 Å². The second-order valence-corrected chi connectivity index (χ2v) is 3.56. The number of hydrogen-bond donors (Lipinski definition) is 0. The van der Waals surface area contributed by atoms with Crippen LogP contribution in [0.3, 0.4) is 0 Å². The minimum Gasteiger partial charge on any atom is -0.433 e. The Balaban J connectivity index is 2.30. The summed E-state index contributed by atoms with van der Waals surface area (Å²) in [5, 5.41) is 0. The van der Waals surface area contributed by atoms with Gasteiger partial charge in [-0.2, -0.15) is 0 Å². The SMILES string of the molecule is CCn1ccnc(Oc2ccc(C)nc2)c1=O. The van der Waals surface area contributed by atoms with Gasteiger partial charge < -0.3 is 9.30 Å². The lowest BCUT2D eigenvalue weighted by molar-refractivity contribution is 0.443. The molecule has 0 aromatic carbocycles. The zero-order valence-electron chi connectivity index (χ0n) is 9.75. The van der Waals surface area contributed by atoms with Crippen LogP contribution in [0.5, 0.6) is 11.6 Å². The molecule has 2 aromatic rings. The van der Waals surface area contributed by atoms with E-state index in [2.05, 4.69) is 9.97 Å². The smallest absolute Gasteiger partial charge is 0.313 e. The molecule has 0 atom stereocenters. The molecule has 0 amide bonds. The van der Waals surface area contributed by atoms with Crippen LogP contribution in [0.4, 0.5) is 0 Å². The van der Waals surface area contributed by atoms with E-state index in [4.69, 9.17) is 4.74 Å². The highest BCUT2D eigenvalue weighted by Crippen LogP contribution is 2.14. The van der Waals surface area contributed by atoms with Gasteiger partial charge in [-0.25, -0.2) is 4.98 Å². The molecule has 0 bridgehead atoms. The quantitative estimate of drug-likeness (QED) is 0.807. The first-order chi connectivity index (χ1) is 8.20. The van der Waals surface area contributed by atoms with E-state index in [1.54, 1.807) is 24.7 Å². The van der Waals surface area contributed by atoms with Crippen molar-refractivity contribution in [3.63, 3.8) is 0 Å². The number of ether oxygens (including phenoxy) is 1. The Morgan fingerprint density at radius 2 is 2.18 bits per heavy atom. The molecule has 0 aliphatic rings. The third-order valence-corrected chi connectivity index (χ3v) is 2.32. The number of aryl methyl sites for hydroxylation is 2. The molecule has 0 saturated heterocycles. The van der Waals surface area contributed by atoms with Gasteiger partial charge in [0.25, 0.3) is 5.88 Å². The average Bonchev–Trinajstić information content (AvgIpc) is 2.35. The van der Waals surface area contributed by atoms with Gasteiger partial charge in [-0.05, 0) is 26.0 Å². The van der Waals surface area contributed by atoms with Crippen LogP contribution in [0.25, 0.3) is 0 Å². The van der Waals surface area contributed by atoms with Crippen molar-refractivity contribution < 1.29 is 4.74 Å². The van der Waals surface area contributed by atoms with Crippen LogP contribution >= 0.6 is 0 Å². The highest BCUT2D eigenvalue weighted by atomic mass is 16.5. The highest BCUT2D eigenvalue weighted by Gasteiger charge is 2.06. The molecular formula is C12H13N3O2. The minimum atomic E-state index is -0.240. The summed E-state index contributed by atoms with van der Waals surface area (Å²) in [5.74, 6) is 0.578. The van der Waals surface area contributed by atoms with Crippen molar-refractivity contribution in [1.29, 1.82) is 0 Å². The molecule has 17 heavy (non-hydrogen) atoms. The molecule has 5 heteroatoms. The summed E-state index contributed by atoms with van der Waals surface area (Å²) in [7, 11) is 0. The lowest BCUT2D eigenvalue weighted by Crippen LogP contribution is -2.20. The summed E-state index contributed by atoms with van der Waals surface area (Å²) < 4.78 is 6.93. The summed E-state index contributed by atoms with van der Waals surface area (Å²) in [6.07, 6.45) is 4.74. The molecule has 0 spiro atoms. The molecule has 2 aromatic heterocycles. The predicted molar refractivity (Wildman–Crippen MR) is 63.2 cm³/mol. The Morgan fingerprint density at radius 3 is 2.82 bits per heavy atom. The zero-order chi connectivity index (χ0) is 12.3. The van der Waals surface area contributed by atoms with Crippen molar-refractivity contribution in [3.8, 4) is 11.6 Å². The number of nitrogens with zero attached hydrogens (tertiary/aromatic N) is 3. The first-order valence-electron chi connectivity index (χ1n) is 5.36. The highest BCUT2D eigenvalue weighted by molar-refractivity contribution is 5.23. The van der Waals surface area contributed by atoms with Crippen molar-refractivity contribution in [3.05, 3.63) is 46.8 Å². The minimum absolute atomic E-state index is 0.0694. The predicted octanol–water partition coefficient (Wildman–Crippen LogP) is 1.76. The molecule has 88 valence electrons. The van der Waals surface area contributed by atoms with Gasteiger partial charge in [0, 0.05) is 24.6 Å². The van der Waals surface area contributed by atoms with E-state index in [9.17, 15) is 4.79 Å². The van der Waals surface area contributed by atoms with Crippen molar-refractivity contribution in [1.82, 2.24) is 14.5 Å². The molecule has 0 aliphatic carbocycles. The first kappa shape index (κ1) is 11.3. The summed E-state index contributed by atoms with van der Waals surface area (Å²) in [4.78, 5) is 19.8. The third-order valence-electron chi connectivity index (χ3n) is 2.32. The fourth-order valence-corrected chi connectivity index (χ4v) is 1.37. The monoisotopic (exact) mass is 231 g/mol. The van der Waals surface area contributed by atoms with Crippen molar-refractivity contribution >= 4 is 0 Å². The van der Waals surface area contributed by atoms with Crippen LogP contribution in [0.15, 0.2) is 35.5 Å². The number of rotatable bonds is 3. The van der Waals surface area contributed by atoms with Crippen LogP contribution in [-0.2, 0) is 6.54 Å². The van der Waals surface area contributed by atoms with Gasteiger partial charge >= 0.3 is 5.56 Å². The summed E-state index contributed by atoms with van der Waals surface area (Å²) in [6, 6.07) is 3.57. The maximum absolute atomic E-state index is 11.8. The molecule has 5 nitrogen and oxygen atoms in total. The molecule has 0 N–H and O–H groups in total. The zero-order valence-corrected chi connectivity index (χ0v) is 9.75. The Hall–Kier alpha value is -2.17. The molecule has 0 aliphatic heterocycles. The number of hydrogen-bond acceptors (Lipinski definition) is 4. The average molecular weight is 231 g/mol. The van der Waals surface area contributed by atoms with Gasteiger partial charge in [0.05, 0.1) is 6.20 Å². The molecule has 0 fully saturated rings. The summed E-state index contributed by atoms with van der Waals surface area (Å²) in [6.45, 7) is 4.36. The van der Waals surface area contributed by atoms with Crippen LogP contribution in [-0.4, -0.2) is 14.5 Å². The van der Waals surface area contributed by atoms with E-state index < -0.39 is 0 Å². The van der Waals surface area contributed by atoms with Gasteiger partial charge in [-0.15, -0.1) is 0 Å². The molecule has 2 rings (SSSR count). The normalized spacial score (nSPS) is 10.2. The largest absolute Gasteiger partial charge is 0.433 e. The Bertz CT molecular complexity index is 561. The molecule has 0 radical (unpaired) electrons. The third kappa shape index (κ3) is 2.50. The standard InChI is InChI=1S/C12H13N3O2/c1-3-15-7-6-13-11(12(15)16)17-10-5-4-9(2)14-8-10/h4-8H,3H2,1-2H3. The van der Waals surface area contributed by atoms with Crippen LogP contribution < -0.4 is 10.3 Å². The molecule has 2 heterocycles.